The lowest BCUT2D eigenvalue weighted by atomic mass is 10.0. The molecule has 1 saturated heterocycles. The molecule has 0 unspecified atom stereocenters. The maximum Gasteiger partial charge on any atom is 0.248 e. The quantitative estimate of drug-likeness (QED) is 0.310. The topological polar surface area (TPSA) is 106 Å². The highest BCUT2D eigenvalue weighted by Gasteiger charge is 2.64. The van der Waals surface area contributed by atoms with Crippen LogP contribution in [0.5, 0.6) is 0 Å². The van der Waals surface area contributed by atoms with Crippen LogP contribution < -0.4 is 5.32 Å². The van der Waals surface area contributed by atoms with Crippen molar-refractivity contribution in [1.82, 2.24) is 29.6 Å². The number of carbonyl (C=O) groups excluding carboxylic acids is 2. The molecule has 4 heterocycles. The minimum absolute atomic E-state index is 0.0298. The molecule has 0 bridgehead atoms. The van der Waals surface area contributed by atoms with Crippen LogP contribution in [-0.2, 0) is 22.6 Å². The summed E-state index contributed by atoms with van der Waals surface area (Å²) in [6, 6.07) is 6.30. The van der Waals surface area contributed by atoms with Gasteiger partial charge in [-0.15, -0.1) is 0 Å². The Bertz CT molecular complexity index is 1670. The summed E-state index contributed by atoms with van der Waals surface area (Å²) in [5.41, 5.74) is 3.04. The Kier molecular flexibility index (Phi) is 6.44. The molecule has 2 fully saturated rings. The molecule has 1 aliphatic heterocycles. The number of aryl methyl sites for hydroxylation is 3. The number of hydrogen-bond acceptors (Lipinski definition) is 6. The number of anilines is 1. The van der Waals surface area contributed by atoms with Crippen molar-refractivity contribution in [2.45, 2.75) is 65.6 Å². The molecule has 11 heteroatoms. The average Bonchev–Trinajstić information content (AvgIpc) is 3.28. The minimum atomic E-state index is -0.637. The Morgan fingerprint density at radius 1 is 1.15 bits per heavy atom. The molecule has 1 aliphatic carbocycles. The number of likely N-dealkylation sites (tertiary alicyclic amines) is 1. The van der Waals surface area contributed by atoms with Crippen LogP contribution in [0.1, 0.15) is 43.8 Å². The van der Waals surface area contributed by atoms with Crippen LogP contribution >= 0.6 is 15.9 Å². The number of fused-ring (bicyclic) bond motifs is 2. The summed E-state index contributed by atoms with van der Waals surface area (Å²) >= 11 is 3.35. The van der Waals surface area contributed by atoms with Crippen molar-refractivity contribution in [3.8, 4) is 11.1 Å². The second kappa shape index (κ2) is 9.72. The Labute approximate surface area is 239 Å². The Balaban J connectivity index is 1.29. The van der Waals surface area contributed by atoms with E-state index in [1.807, 2.05) is 32.0 Å². The van der Waals surface area contributed by atoms with E-state index in [4.69, 9.17) is 0 Å². The molecule has 206 valence electrons. The summed E-state index contributed by atoms with van der Waals surface area (Å²) in [7, 11) is 0. The molecule has 2 amide bonds. The van der Waals surface area contributed by atoms with E-state index < -0.39 is 11.9 Å². The second-order valence-electron chi connectivity index (χ2n) is 11.0. The van der Waals surface area contributed by atoms with Crippen molar-refractivity contribution in [3.05, 3.63) is 64.2 Å². The molecule has 4 aromatic rings. The van der Waals surface area contributed by atoms with Gasteiger partial charge in [-0.2, -0.15) is 5.10 Å². The number of piperidine rings is 1. The van der Waals surface area contributed by atoms with Crippen molar-refractivity contribution in [3.63, 3.8) is 0 Å². The van der Waals surface area contributed by atoms with E-state index >= 15 is 4.39 Å². The predicted octanol–water partition coefficient (Wildman–Crippen LogP) is 4.99. The van der Waals surface area contributed by atoms with Gasteiger partial charge in [-0.1, -0.05) is 19.9 Å². The highest BCUT2D eigenvalue weighted by molar-refractivity contribution is 9.10. The third-order valence-electron chi connectivity index (χ3n) is 8.14. The maximum absolute atomic E-state index is 15.6. The van der Waals surface area contributed by atoms with Crippen molar-refractivity contribution in [1.29, 1.82) is 0 Å². The first-order chi connectivity index (χ1) is 19.1. The average molecular weight is 607 g/mol. The smallest absolute Gasteiger partial charge is 0.248 e. The number of nitrogens with zero attached hydrogens (tertiary/aromatic N) is 6. The molecule has 1 aromatic carbocycles. The van der Waals surface area contributed by atoms with Gasteiger partial charge >= 0.3 is 0 Å². The number of pyridine rings is 1. The molecule has 0 spiro atoms. The summed E-state index contributed by atoms with van der Waals surface area (Å²) in [6.07, 6.45) is 5.31. The second-order valence-corrected chi connectivity index (χ2v) is 11.8. The van der Waals surface area contributed by atoms with Crippen LogP contribution in [-0.4, -0.2) is 53.5 Å². The van der Waals surface area contributed by atoms with E-state index in [0.717, 1.165) is 12.0 Å². The van der Waals surface area contributed by atoms with Crippen molar-refractivity contribution in [2.75, 3.05) is 5.32 Å². The number of carbonyl (C=O) groups is 2. The van der Waals surface area contributed by atoms with Crippen molar-refractivity contribution >= 4 is 44.5 Å². The third-order valence-corrected chi connectivity index (χ3v) is 8.58. The molecule has 0 radical (unpaired) electrons. The number of aromatic nitrogens is 5. The molecule has 1 N–H and O–H groups in total. The first-order valence-corrected chi connectivity index (χ1v) is 14.1. The number of rotatable bonds is 6. The summed E-state index contributed by atoms with van der Waals surface area (Å²) < 4.78 is 17.7. The number of halogens is 2. The molecule has 1 saturated carbocycles. The van der Waals surface area contributed by atoms with Gasteiger partial charge in [-0.05, 0) is 83.8 Å². The zero-order chi connectivity index (χ0) is 28.3. The lowest BCUT2D eigenvalue weighted by Gasteiger charge is -2.27. The lowest BCUT2D eigenvalue weighted by molar-refractivity contribution is -0.138. The fourth-order valence-corrected chi connectivity index (χ4v) is 6.13. The van der Waals surface area contributed by atoms with Crippen LogP contribution in [0.25, 0.3) is 22.0 Å². The van der Waals surface area contributed by atoms with Crippen LogP contribution in [0, 0.1) is 25.1 Å². The zero-order valence-corrected chi connectivity index (χ0v) is 24.3. The van der Waals surface area contributed by atoms with E-state index in [0.29, 0.717) is 51.3 Å². The van der Waals surface area contributed by atoms with Crippen LogP contribution in [0.2, 0.25) is 0 Å². The Morgan fingerprint density at radius 3 is 2.62 bits per heavy atom. The first kappa shape index (κ1) is 26.5. The van der Waals surface area contributed by atoms with Gasteiger partial charge in [0.25, 0.3) is 0 Å². The zero-order valence-electron chi connectivity index (χ0n) is 22.7. The monoisotopic (exact) mass is 605 g/mol. The Hall–Kier alpha value is -3.73. The molecular weight excluding hydrogens is 577 g/mol. The summed E-state index contributed by atoms with van der Waals surface area (Å²) in [6.45, 7) is 7.54. The summed E-state index contributed by atoms with van der Waals surface area (Å²) in [5.74, 6) is 0.0878. The van der Waals surface area contributed by atoms with Gasteiger partial charge in [-0.25, -0.2) is 19.3 Å². The number of amides is 2. The summed E-state index contributed by atoms with van der Waals surface area (Å²) in [5, 5.41) is 8.18. The van der Waals surface area contributed by atoms with Crippen LogP contribution in [0.4, 0.5) is 10.2 Å². The standard InChI is InChI=1S/C29H29BrFN7O2/c1-5-21-19-8-17(18-12-32-16(3)33-13-18)9-20(31)26(19)37(36-21)14-25(39)38-22(10-29(4)11-23(29)38)28(40)35-27-15(2)6-7-24(30)34-27/h6-9,12-13,22-23H,5,10-11,14H2,1-4H3,(H,34,35,40)/t22-,23+,29-/m0/s1. The molecule has 3 atom stereocenters. The maximum atomic E-state index is 15.6. The van der Waals surface area contributed by atoms with Crippen molar-refractivity contribution < 1.29 is 14.0 Å². The van der Waals surface area contributed by atoms with Gasteiger partial charge in [0.05, 0.1) is 5.69 Å². The third kappa shape index (κ3) is 4.55. The fourth-order valence-electron chi connectivity index (χ4n) is 5.82. The lowest BCUT2D eigenvalue weighted by Crippen LogP contribution is -2.47. The highest BCUT2D eigenvalue weighted by atomic mass is 79.9. The van der Waals surface area contributed by atoms with Gasteiger partial charge < -0.3 is 10.2 Å². The number of benzene rings is 1. The van der Waals surface area contributed by atoms with Crippen molar-refractivity contribution in [2.24, 2.45) is 5.41 Å². The van der Waals surface area contributed by atoms with Gasteiger partial charge in [0.15, 0.2) is 0 Å². The van der Waals surface area contributed by atoms with E-state index in [1.54, 1.807) is 24.2 Å². The molecule has 40 heavy (non-hydrogen) atoms. The van der Waals surface area contributed by atoms with Crippen LogP contribution in [0.15, 0.2) is 41.3 Å². The van der Waals surface area contributed by atoms with Gasteiger partial charge in [-0.3, -0.25) is 14.3 Å². The summed E-state index contributed by atoms with van der Waals surface area (Å²) in [4.78, 5) is 41.7. The first-order valence-electron chi connectivity index (χ1n) is 13.3. The number of nitrogens with one attached hydrogen (secondary N) is 1. The number of hydrogen-bond donors (Lipinski definition) is 1. The van der Waals surface area contributed by atoms with Gasteiger partial charge in [0.1, 0.15) is 40.2 Å². The normalized spacial score (nSPS) is 21.5. The molecule has 3 aromatic heterocycles. The van der Waals surface area contributed by atoms with Gasteiger partial charge in [0.2, 0.25) is 11.8 Å². The SMILES string of the molecule is CCc1nn(CC(=O)N2[C@H](C(=O)Nc3nc(Br)ccc3C)C[C@@]3(C)C[C@@H]23)c2c(F)cc(-c3cnc(C)nc3)cc12. The van der Waals surface area contributed by atoms with Crippen LogP contribution in [0.3, 0.4) is 0 Å². The molecule has 9 nitrogen and oxygen atoms in total. The van der Waals surface area contributed by atoms with Gasteiger partial charge in [0, 0.05) is 29.4 Å². The van der Waals surface area contributed by atoms with E-state index in [2.05, 4.69) is 48.2 Å². The van der Waals surface area contributed by atoms with E-state index in [-0.39, 0.29) is 35.3 Å². The molecule has 6 rings (SSSR count). The highest BCUT2D eigenvalue weighted by Crippen LogP contribution is 2.59. The Morgan fingerprint density at radius 2 is 1.90 bits per heavy atom. The molecular formula is C29H29BrFN7O2. The molecule has 2 aliphatic rings. The minimum Gasteiger partial charge on any atom is -0.325 e. The fraction of sp³-hybridized carbons (Fsp3) is 0.379. The predicted molar refractivity (Wildman–Crippen MR) is 152 cm³/mol. The largest absolute Gasteiger partial charge is 0.325 e. The van der Waals surface area contributed by atoms with E-state index in [9.17, 15) is 9.59 Å². The van der Waals surface area contributed by atoms with E-state index in [1.165, 1.54) is 10.7 Å².